The summed E-state index contributed by atoms with van der Waals surface area (Å²) in [6.45, 7) is 0. The quantitative estimate of drug-likeness (QED) is 0.523. The number of esters is 2. The monoisotopic (exact) mass is 294 g/mol. The van der Waals surface area contributed by atoms with E-state index >= 15 is 0 Å². The second-order valence-electron chi connectivity index (χ2n) is 6.93. The van der Waals surface area contributed by atoms with Crippen molar-refractivity contribution in [3.8, 4) is 0 Å². The van der Waals surface area contributed by atoms with Gasteiger partial charge in [-0.3, -0.25) is 9.59 Å². The highest BCUT2D eigenvalue weighted by atomic mass is 16.6. The third-order valence-corrected chi connectivity index (χ3v) is 5.19. The maximum atomic E-state index is 11.7. The summed E-state index contributed by atoms with van der Waals surface area (Å²) in [6.07, 6.45) is 15.4. The molecule has 0 aromatic carbocycles. The molecule has 2 aliphatic carbocycles. The van der Waals surface area contributed by atoms with Crippen molar-refractivity contribution in [1.29, 1.82) is 0 Å². The summed E-state index contributed by atoms with van der Waals surface area (Å²) in [5.74, 6) is 0.718. The summed E-state index contributed by atoms with van der Waals surface area (Å²) < 4.78 is 4.95. The van der Waals surface area contributed by atoms with E-state index < -0.39 is 0 Å². The molecule has 0 bridgehead atoms. The molecule has 3 nitrogen and oxygen atoms in total. The lowest BCUT2D eigenvalue weighted by Crippen LogP contribution is -2.16. The number of ether oxygens (including phenoxy) is 1. The van der Waals surface area contributed by atoms with Gasteiger partial charge in [0.05, 0.1) is 0 Å². The Morgan fingerprint density at radius 1 is 0.667 bits per heavy atom. The minimum atomic E-state index is -0.311. The van der Waals surface area contributed by atoms with Crippen LogP contribution in [0.4, 0.5) is 0 Å². The van der Waals surface area contributed by atoms with Crippen molar-refractivity contribution in [2.75, 3.05) is 0 Å². The van der Waals surface area contributed by atoms with Crippen molar-refractivity contribution in [1.82, 2.24) is 0 Å². The Labute approximate surface area is 128 Å². The van der Waals surface area contributed by atoms with Crippen LogP contribution in [0.5, 0.6) is 0 Å². The molecule has 0 atom stereocenters. The second kappa shape index (κ2) is 9.22. The van der Waals surface area contributed by atoms with E-state index in [1.54, 1.807) is 0 Å². The predicted molar refractivity (Wildman–Crippen MR) is 82.7 cm³/mol. The van der Waals surface area contributed by atoms with E-state index in [0.717, 1.165) is 12.8 Å². The third-order valence-electron chi connectivity index (χ3n) is 5.19. The lowest BCUT2D eigenvalue weighted by atomic mass is 9.86. The van der Waals surface area contributed by atoms with Crippen molar-refractivity contribution in [3.63, 3.8) is 0 Å². The van der Waals surface area contributed by atoms with Crippen LogP contribution in [0.2, 0.25) is 0 Å². The molecule has 2 fully saturated rings. The number of carbonyl (C=O) groups is 2. The largest absolute Gasteiger partial charge is 0.393 e. The SMILES string of the molecule is O=C(CCC1CCCCC1)OC(=O)CCC1CCCCC1. The molecule has 0 saturated heterocycles. The van der Waals surface area contributed by atoms with Crippen molar-refractivity contribution in [2.45, 2.75) is 89.9 Å². The first-order valence-corrected chi connectivity index (χ1v) is 8.97. The van der Waals surface area contributed by atoms with Gasteiger partial charge in [-0.05, 0) is 24.7 Å². The highest BCUT2D eigenvalue weighted by molar-refractivity contribution is 5.85. The number of hydrogen-bond acceptors (Lipinski definition) is 3. The van der Waals surface area contributed by atoms with Gasteiger partial charge < -0.3 is 4.74 Å². The first kappa shape index (κ1) is 16.5. The molecule has 0 amide bonds. The maximum Gasteiger partial charge on any atom is 0.313 e. The zero-order chi connectivity index (χ0) is 14.9. The fourth-order valence-electron chi connectivity index (χ4n) is 3.82. The van der Waals surface area contributed by atoms with Crippen LogP contribution in [0.1, 0.15) is 89.9 Å². The molecule has 0 aromatic rings. The minimum absolute atomic E-state index is 0.311. The standard InChI is InChI=1S/C18H30O3/c19-17(13-11-15-7-3-1-4-8-15)21-18(20)14-12-16-9-5-2-6-10-16/h15-16H,1-14H2. The summed E-state index contributed by atoms with van der Waals surface area (Å²) in [4.78, 5) is 23.4. The van der Waals surface area contributed by atoms with Crippen LogP contribution in [0.3, 0.4) is 0 Å². The highest BCUT2D eigenvalue weighted by Gasteiger charge is 2.19. The normalized spacial score (nSPS) is 21.1. The van der Waals surface area contributed by atoms with E-state index in [0.29, 0.717) is 24.7 Å². The second-order valence-corrected chi connectivity index (χ2v) is 6.93. The molecular formula is C18H30O3. The van der Waals surface area contributed by atoms with Crippen LogP contribution in [0.15, 0.2) is 0 Å². The Balaban J connectivity index is 1.54. The molecule has 21 heavy (non-hydrogen) atoms. The van der Waals surface area contributed by atoms with Gasteiger partial charge in [0.15, 0.2) is 0 Å². The Hall–Kier alpha value is -0.860. The van der Waals surface area contributed by atoms with Gasteiger partial charge in [-0.1, -0.05) is 64.2 Å². The van der Waals surface area contributed by atoms with E-state index in [2.05, 4.69) is 0 Å². The smallest absolute Gasteiger partial charge is 0.313 e. The van der Waals surface area contributed by atoms with Crippen LogP contribution in [0.25, 0.3) is 0 Å². The first-order chi connectivity index (χ1) is 10.2. The summed E-state index contributed by atoms with van der Waals surface area (Å²) in [6, 6.07) is 0. The predicted octanol–water partition coefficient (Wildman–Crippen LogP) is 4.78. The van der Waals surface area contributed by atoms with Crippen molar-refractivity contribution < 1.29 is 14.3 Å². The molecule has 0 aromatic heterocycles. The molecule has 0 spiro atoms. The molecule has 3 heteroatoms. The van der Waals surface area contributed by atoms with Crippen molar-refractivity contribution in [2.24, 2.45) is 11.8 Å². The molecule has 0 aliphatic heterocycles. The van der Waals surface area contributed by atoms with E-state index in [1.807, 2.05) is 0 Å². The van der Waals surface area contributed by atoms with E-state index in [1.165, 1.54) is 64.2 Å². The Morgan fingerprint density at radius 3 is 1.43 bits per heavy atom. The summed E-state index contributed by atoms with van der Waals surface area (Å²) in [5, 5.41) is 0. The average Bonchev–Trinajstić information content (AvgIpc) is 2.53. The molecule has 2 saturated carbocycles. The third kappa shape index (κ3) is 6.62. The molecule has 120 valence electrons. The number of hydrogen-bond donors (Lipinski definition) is 0. The summed E-state index contributed by atoms with van der Waals surface area (Å²) in [7, 11) is 0. The van der Waals surface area contributed by atoms with Crippen LogP contribution in [-0.2, 0) is 14.3 Å². The highest BCUT2D eigenvalue weighted by Crippen LogP contribution is 2.28. The minimum Gasteiger partial charge on any atom is -0.393 e. The zero-order valence-electron chi connectivity index (χ0n) is 13.3. The van der Waals surface area contributed by atoms with Gasteiger partial charge in [0.25, 0.3) is 0 Å². The topological polar surface area (TPSA) is 43.4 Å². The van der Waals surface area contributed by atoms with Crippen LogP contribution in [0, 0.1) is 11.8 Å². The molecular weight excluding hydrogens is 264 g/mol. The van der Waals surface area contributed by atoms with Gasteiger partial charge in [0, 0.05) is 12.8 Å². The summed E-state index contributed by atoms with van der Waals surface area (Å²) >= 11 is 0. The Kier molecular flexibility index (Phi) is 7.25. The molecule has 0 unspecified atom stereocenters. The molecule has 0 N–H and O–H groups in total. The van der Waals surface area contributed by atoms with Gasteiger partial charge in [0.2, 0.25) is 0 Å². The van der Waals surface area contributed by atoms with Gasteiger partial charge in [0.1, 0.15) is 0 Å². The van der Waals surface area contributed by atoms with Crippen molar-refractivity contribution >= 4 is 11.9 Å². The van der Waals surface area contributed by atoms with E-state index in [9.17, 15) is 9.59 Å². The van der Waals surface area contributed by atoms with E-state index in [4.69, 9.17) is 4.74 Å². The number of carbonyl (C=O) groups excluding carboxylic acids is 2. The average molecular weight is 294 g/mol. The lowest BCUT2D eigenvalue weighted by Gasteiger charge is -2.21. The van der Waals surface area contributed by atoms with Gasteiger partial charge >= 0.3 is 11.9 Å². The van der Waals surface area contributed by atoms with Crippen LogP contribution < -0.4 is 0 Å². The zero-order valence-corrected chi connectivity index (χ0v) is 13.3. The lowest BCUT2D eigenvalue weighted by molar-refractivity contribution is -0.160. The molecule has 0 heterocycles. The van der Waals surface area contributed by atoms with Gasteiger partial charge in [-0.25, -0.2) is 0 Å². The first-order valence-electron chi connectivity index (χ1n) is 8.97. The van der Waals surface area contributed by atoms with Gasteiger partial charge in [-0.15, -0.1) is 0 Å². The molecule has 0 radical (unpaired) electrons. The molecule has 2 aliphatic rings. The fraction of sp³-hybridized carbons (Fsp3) is 0.889. The van der Waals surface area contributed by atoms with Gasteiger partial charge in [-0.2, -0.15) is 0 Å². The van der Waals surface area contributed by atoms with Crippen LogP contribution >= 0.6 is 0 Å². The Bertz CT molecular complexity index is 293. The maximum absolute atomic E-state index is 11.7. The van der Waals surface area contributed by atoms with Crippen molar-refractivity contribution in [3.05, 3.63) is 0 Å². The van der Waals surface area contributed by atoms with Crippen LogP contribution in [-0.4, -0.2) is 11.9 Å². The number of rotatable bonds is 6. The summed E-state index contributed by atoms with van der Waals surface area (Å²) in [5.41, 5.74) is 0. The fourth-order valence-corrected chi connectivity index (χ4v) is 3.82. The Morgan fingerprint density at radius 2 is 1.05 bits per heavy atom. The van der Waals surface area contributed by atoms with E-state index in [-0.39, 0.29) is 11.9 Å². The molecule has 2 rings (SSSR count).